The third-order valence-corrected chi connectivity index (χ3v) is 4.54. The van der Waals surface area contributed by atoms with E-state index in [0.717, 1.165) is 22.6 Å². The van der Waals surface area contributed by atoms with Gasteiger partial charge >= 0.3 is 0 Å². The number of nitrogens with two attached hydrogens (primary N) is 1. The van der Waals surface area contributed by atoms with Crippen molar-refractivity contribution in [3.8, 4) is 5.75 Å². The van der Waals surface area contributed by atoms with Gasteiger partial charge in [0.25, 0.3) is 0 Å². The number of hydrogen-bond donors (Lipinski definition) is 1. The lowest BCUT2D eigenvalue weighted by atomic mass is 10.1. The van der Waals surface area contributed by atoms with Crippen molar-refractivity contribution in [1.82, 2.24) is 24.5 Å². The number of anilines is 1. The Kier molecular flexibility index (Phi) is 4.11. The maximum absolute atomic E-state index is 6.21. The van der Waals surface area contributed by atoms with E-state index in [0.29, 0.717) is 27.5 Å². The van der Waals surface area contributed by atoms with Crippen molar-refractivity contribution in [2.24, 2.45) is 0 Å². The molecule has 120 valence electrons. The molecule has 3 aromatic heterocycles. The highest BCUT2D eigenvalue weighted by Crippen LogP contribution is 2.30. The lowest BCUT2D eigenvalue weighted by Crippen LogP contribution is -2.07. The van der Waals surface area contributed by atoms with Gasteiger partial charge in [-0.3, -0.25) is 0 Å². The predicted molar refractivity (Wildman–Crippen MR) is 91.8 cm³/mol. The lowest BCUT2D eigenvalue weighted by Gasteiger charge is -2.14. The zero-order valence-corrected chi connectivity index (χ0v) is 15.1. The van der Waals surface area contributed by atoms with Gasteiger partial charge in [0.05, 0.1) is 25.7 Å². The fourth-order valence-electron chi connectivity index (χ4n) is 2.45. The molecule has 2 N–H and O–H groups in total. The van der Waals surface area contributed by atoms with Crippen LogP contribution in [0.25, 0.3) is 11.2 Å². The second-order valence-corrected chi connectivity index (χ2v) is 6.16. The molecule has 0 atom stereocenters. The highest BCUT2D eigenvalue weighted by molar-refractivity contribution is 9.10. The summed E-state index contributed by atoms with van der Waals surface area (Å²) in [5.74, 6) is 0.912. The molecule has 0 unspecified atom stereocenters. The van der Waals surface area contributed by atoms with Crippen LogP contribution in [0.5, 0.6) is 5.75 Å². The molecule has 0 radical (unpaired) electrons. The van der Waals surface area contributed by atoms with Crippen molar-refractivity contribution in [2.75, 3.05) is 12.8 Å². The monoisotopic (exact) mass is 396 g/mol. The number of hydrogen-bond acceptors (Lipinski definition) is 6. The molecular weight excluding hydrogens is 384 g/mol. The van der Waals surface area contributed by atoms with E-state index in [-0.39, 0.29) is 5.95 Å². The number of ether oxygens (including phenoxy) is 1. The molecule has 3 aromatic rings. The minimum absolute atomic E-state index is 0.176. The fraction of sp³-hybridized carbons (Fsp3) is 0.286. The first-order chi connectivity index (χ1) is 10.9. The van der Waals surface area contributed by atoms with Crippen LogP contribution >= 0.6 is 27.5 Å². The highest BCUT2D eigenvalue weighted by Gasteiger charge is 2.16. The summed E-state index contributed by atoms with van der Waals surface area (Å²) in [5.41, 5.74) is 9.51. The maximum atomic E-state index is 6.21. The van der Waals surface area contributed by atoms with E-state index in [1.165, 1.54) is 0 Å². The Hall–Kier alpha value is -1.93. The van der Waals surface area contributed by atoms with E-state index in [4.69, 9.17) is 22.1 Å². The second kappa shape index (κ2) is 5.93. The normalized spacial score (nSPS) is 11.2. The van der Waals surface area contributed by atoms with Crippen LogP contribution in [0.3, 0.4) is 0 Å². The molecule has 7 nitrogen and oxygen atoms in total. The highest BCUT2D eigenvalue weighted by atomic mass is 79.9. The Morgan fingerprint density at radius 2 is 2.00 bits per heavy atom. The minimum atomic E-state index is 0.176. The van der Waals surface area contributed by atoms with Crippen molar-refractivity contribution in [3.05, 3.63) is 32.9 Å². The number of pyridine rings is 1. The number of aromatic nitrogens is 5. The molecular formula is C14H14BrClN6O. The van der Waals surface area contributed by atoms with Gasteiger partial charge < -0.3 is 15.0 Å². The average Bonchev–Trinajstić information content (AvgIpc) is 2.89. The molecule has 3 rings (SSSR count). The van der Waals surface area contributed by atoms with E-state index in [9.17, 15) is 0 Å². The molecule has 0 aliphatic rings. The Morgan fingerprint density at radius 3 is 2.70 bits per heavy atom. The first-order valence-electron chi connectivity index (χ1n) is 6.75. The Labute approximate surface area is 146 Å². The quantitative estimate of drug-likeness (QED) is 0.540. The zero-order chi connectivity index (χ0) is 16.7. The summed E-state index contributed by atoms with van der Waals surface area (Å²) < 4.78 is 7.84. The summed E-state index contributed by atoms with van der Waals surface area (Å²) in [6.45, 7) is 4.27. The number of nitrogen functional groups attached to an aromatic ring is 1. The molecule has 0 aromatic carbocycles. The van der Waals surface area contributed by atoms with Crippen LogP contribution in [-0.2, 0) is 6.54 Å². The topological polar surface area (TPSA) is 91.7 Å². The fourth-order valence-corrected chi connectivity index (χ4v) is 3.10. The number of nitrogens with zero attached hydrogens (tertiary/aromatic N) is 5. The number of fused-ring (bicyclic) bond motifs is 1. The summed E-state index contributed by atoms with van der Waals surface area (Å²) in [6.07, 6.45) is 1.67. The lowest BCUT2D eigenvalue weighted by molar-refractivity contribution is 0.406. The van der Waals surface area contributed by atoms with E-state index in [1.54, 1.807) is 13.4 Å². The summed E-state index contributed by atoms with van der Waals surface area (Å²) in [4.78, 5) is 17.1. The van der Waals surface area contributed by atoms with Crippen molar-refractivity contribution in [1.29, 1.82) is 0 Å². The number of imidazole rings is 1. The van der Waals surface area contributed by atoms with Crippen LogP contribution in [0.2, 0.25) is 5.15 Å². The van der Waals surface area contributed by atoms with Gasteiger partial charge in [-0.05, 0) is 29.8 Å². The molecule has 9 heteroatoms. The van der Waals surface area contributed by atoms with Crippen LogP contribution in [0.1, 0.15) is 16.8 Å². The van der Waals surface area contributed by atoms with Gasteiger partial charge in [-0.25, -0.2) is 15.0 Å². The number of methoxy groups -OCH3 is 1. The largest absolute Gasteiger partial charge is 0.496 e. The number of rotatable bonds is 3. The zero-order valence-electron chi connectivity index (χ0n) is 12.8. The van der Waals surface area contributed by atoms with E-state index in [1.807, 2.05) is 18.4 Å². The van der Waals surface area contributed by atoms with Gasteiger partial charge in [0, 0.05) is 11.1 Å². The molecule has 0 saturated carbocycles. The molecule has 3 heterocycles. The molecule has 0 amide bonds. The van der Waals surface area contributed by atoms with Crippen molar-refractivity contribution in [2.45, 2.75) is 20.4 Å². The molecule has 0 spiro atoms. The summed E-state index contributed by atoms with van der Waals surface area (Å²) in [7, 11) is 1.62. The Balaban J connectivity index is 2.12. The smallest absolute Gasteiger partial charge is 0.223 e. The molecule has 0 bridgehead atoms. The van der Waals surface area contributed by atoms with Crippen LogP contribution in [0, 0.1) is 13.8 Å². The summed E-state index contributed by atoms with van der Waals surface area (Å²) in [6, 6.07) is 0. The first-order valence-corrected chi connectivity index (χ1v) is 7.93. The Morgan fingerprint density at radius 1 is 1.26 bits per heavy atom. The third kappa shape index (κ3) is 2.72. The van der Waals surface area contributed by atoms with Gasteiger partial charge in [-0.2, -0.15) is 4.98 Å². The molecule has 0 aliphatic heterocycles. The maximum Gasteiger partial charge on any atom is 0.223 e. The van der Waals surface area contributed by atoms with Crippen LogP contribution in [0.4, 0.5) is 5.95 Å². The van der Waals surface area contributed by atoms with Gasteiger partial charge in [-0.1, -0.05) is 11.6 Å². The van der Waals surface area contributed by atoms with E-state index >= 15 is 0 Å². The standard InChI is InChI=1S/C14H14BrClN6O/c1-6-8(19-12(16)7(2)10(6)23-3)4-22-5-18-9-11(15)20-14(17)21-13(9)22/h5H,4H2,1-3H3,(H2,17,20,21). The van der Waals surface area contributed by atoms with Gasteiger partial charge in [0.2, 0.25) is 5.95 Å². The molecule has 0 fully saturated rings. The van der Waals surface area contributed by atoms with Crippen LogP contribution < -0.4 is 10.5 Å². The van der Waals surface area contributed by atoms with Crippen LogP contribution in [0.15, 0.2) is 10.9 Å². The molecule has 0 aliphatic carbocycles. The van der Waals surface area contributed by atoms with Crippen molar-refractivity contribution in [3.63, 3.8) is 0 Å². The Bertz CT molecular complexity index is 910. The summed E-state index contributed by atoms with van der Waals surface area (Å²) in [5, 5.41) is 0.419. The predicted octanol–water partition coefficient (Wildman–Crippen LogP) is 2.89. The van der Waals surface area contributed by atoms with Crippen molar-refractivity contribution >= 4 is 44.6 Å². The van der Waals surface area contributed by atoms with E-state index in [2.05, 4.69) is 35.9 Å². The summed E-state index contributed by atoms with van der Waals surface area (Å²) >= 11 is 9.55. The first kappa shape index (κ1) is 15.9. The average molecular weight is 398 g/mol. The van der Waals surface area contributed by atoms with Gasteiger partial charge in [-0.15, -0.1) is 0 Å². The molecule has 23 heavy (non-hydrogen) atoms. The van der Waals surface area contributed by atoms with Gasteiger partial charge in [0.1, 0.15) is 21.0 Å². The SMILES string of the molecule is COc1c(C)c(Cl)nc(Cn2cnc3c(Br)nc(N)nc32)c1C. The van der Waals surface area contributed by atoms with Crippen molar-refractivity contribution < 1.29 is 4.74 Å². The van der Waals surface area contributed by atoms with E-state index < -0.39 is 0 Å². The van der Waals surface area contributed by atoms with Crippen LogP contribution in [-0.4, -0.2) is 31.6 Å². The van der Waals surface area contributed by atoms with Gasteiger partial charge in [0.15, 0.2) is 5.65 Å². The minimum Gasteiger partial charge on any atom is -0.496 e. The third-order valence-electron chi connectivity index (χ3n) is 3.62. The molecule has 0 saturated heterocycles. The number of halogens is 2. The second-order valence-electron chi connectivity index (χ2n) is 5.05.